The van der Waals surface area contributed by atoms with Gasteiger partial charge in [-0.3, -0.25) is 0 Å². The molecule has 0 aromatic heterocycles. The maximum absolute atomic E-state index is 10.9. The second-order valence-corrected chi connectivity index (χ2v) is 6.70. The molecule has 0 amide bonds. The Morgan fingerprint density at radius 2 is 2.00 bits per heavy atom. The van der Waals surface area contributed by atoms with Crippen molar-refractivity contribution in [2.75, 3.05) is 45.4 Å². The van der Waals surface area contributed by atoms with Crippen LogP contribution in [0.15, 0.2) is 0 Å². The lowest BCUT2D eigenvalue weighted by molar-refractivity contribution is -0.0310. The molecule has 0 aliphatic carbocycles. The van der Waals surface area contributed by atoms with Gasteiger partial charge in [-0.25, -0.2) is 8.42 Å². The van der Waals surface area contributed by atoms with Crippen LogP contribution in [0.25, 0.3) is 0 Å². The summed E-state index contributed by atoms with van der Waals surface area (Å²) < 4.78 is 32.0. The van der Waals surface area contributed by atoms with Gasteiger partial charge in [-0.15, -0.1) is 0 Å². The van der Waals surface area contributed by atoms with Crippen molar-refractivity contribution in [1.82, 2.24) is 5.32 Å². The van der Waals surface area contributed by atoms with Crippen molar-refractivity contribution < 1.29 is 23.0 Å². The Morgan fingerprint density at radius 3 is 2.56 bits per heavy atom. The molecule has 0 heterocycles. The number of hydrogen-bond acceptors (Lipinski definition) is 6. The van der Waals surface area contributed by atoms with Crippen LogP contribution in [0.3, 0.4) is 0 Å². The average molecular weight is 283 g/mol. The number of ether oxygens (including phenoxy) is 2. The van der Waals surface area contributed by atoms with Gasteiger partial charge in [-0.05, 0) is 19.9 Å². The number of aliphatic hydroxyl groups is 1. The Bertz CT molecular complexity index is 294. The fourth-order valence-corrected chi connectivity index (χ4v) is 2.01. The topological polar surface area (TPSA) is 84.9 Å². The summed E-state index contributed by atoms with van der Waals surface area (Å²) in [7, 11) is -1.30. The second kappa shape index (κ2) is 9.69. The molecule has 2 atom stereocenters. The number of rotatable bonds is 11. The van der Waals surface area contributed by atoms with E-state index in [2.05, 4.69) is 5.32 Å². The first-order chi connectivity index (χ1) is 8.35. The number of aliphatic hydroxyl groups excluding tert-OH is 1. The third-order valence-corrected chi connectivity index (χ3v) is 3.25. The lowest BCUT2D eigenvalue weighted by atomic mass is 10.3. The average Bonchev–Trinajstić information content (AvgIpc) is 2.25. The molecule has 0 radical (unpaired) electrons. The van der Waals surface area contributed by atoms with Crippen LogP contribution in [0.2, 0.25) is 0 Å². The van der Waals surface area contributed by atoms with Gasteiger partial charge in [0.25, 0.3) is 0 Å². The maximum atomic E-state index is 10.9. The Hall–Kier alpha value is -0.210. The summed E-state index contributed by atoms with van der Waals surface area (Å²) >= 11 is 0. The summed E-state index contributed by atoms with van der Waals surface area (Å²) in [4.78, 5) is 0. The van der Waals surface area contributed by atoms with Crippen molar-refractivity contribution in [3.63, 3.8) is 0 Å². The fourth-order valence-electron chi connectivity index (χ4n) is 1.35. The predicted molar refractivity (Wildman–Crippen MR) is 70.5 cm³/mol. The first-order valence-electron chi connectivity index (χ1n) is 6.02. The SMILES string of the molecule is COCC(C)OCC(O)CNCCCS(C)(=O)=O. The van der Waals surface area contributed by atoms with Crippen molar-refractivity contribution >= 4 is 9.84 Å². The molecule has 0 aliphatic rings. The van der Waals surface area contributed by atoms with Gasteiger partial charge in [0.15, 0.2) is 0 Å². The largest absolute Gasteiger partial charge is 0.389 e. The van der Waals surface area contributed by atoms with Crippen LogP contribution in [-0.4, -0.2) is 71.2 Å². The van der Waals surface area contributed by atoms with Gasteiger partial charge in [-0.2, -0.15) is 0 Å². The molecule has 2 N–H and O–H groups in total. The minimum Gasteiger partial charge on any atom is -0.389 e. The zero-order valence-electron chi connectivity index (χ0n) is 11.4. The van der Waals surface area contributed by atoms with Crippen LogP contribution in [0, 0.1) is 0 Å². The summed E-state index contributed by atoms with van der Waals surface area (Å²) in [5.41, 5.74) is 0. The summed E-state index contributed by atoms with van der Waals surface area (Å²) in [5, 5.41) is 12.6. The molecule has 6 nitrogen and oxygen atoms in total. The molecule has 0 aliphatic heterocycles. The summed E-state index contributed by atoms with van der Waals surface area (Å²) in [6, 6.07) is 0. The van der Waals surface area contributed by atoms with Crippen molar-refractivity contribution in [2.24, 2.45) is 0 Å². The highest BCUT2D eigenvalue weighted by Gasteiger charge is 2.08. The van der Waals surface area contributed by atoms with Gasteiger partial charge < -0.3 is 19.9 Å². The first kappa shape index (κ1) is 17.8. The summed E-state index contributed by atoms with van der Waals surface area (Å²) in [5.74, 6) is 0.164. The molecule has 110 valence electrons. The third-order valence-electron chi connectivity index (χ3n) is 2.22. The van der Waals surface area contributed by atoms with Crippen LogP contribution in [-0.2, 0) is 19.3 Å². The van der Waals surface area contributed by atoms with Crippen molar-refractivity contribution in [3.05, 3.63) is 0 Å². The van der Waals surface area contributed by atoms with E-state index < -0.39 is 15.9 Å². The van der Waals surface area contributed by atoms with Crippen LogP contribution in [0.5, 0.6) is 0 Å². The molecule has 0 aromatic carbocycles. The Morgan fingerprint density at radius 1 is 1.33 bits per heavy atom. The van der Waals surface area contributed by atoms with E-state index in [4.69, 9.17) is 9.47 Å². The minimum absolute atomic E-state index is 0.0464. The lowest BCUT2D eigenvalue weighted by Gasteiger charge is -2.16. The molecule has 7 heteroatoms. The summed E-state index contributed by atoms with van der Waals surface area (Å²) in [6.07, 6.45) is 1.12. The highest BCUT2D eigenvalue weighted by atomic mass is 32.2. The number of methoxy groups -OCH3 is 1. The molecule has 18 heavy (non-hydrogen) atoms. The zero-order chi connectivity index (χ0) is 14.0. The van der Waals surface area contributed by atoms with Crippen molar-refractivity contribution in [3.8, 4) is 0 Å². The van der Waals surface area contributed by atoms with Crippen LogP contribution >= 0.6 is 0 Å². The Balaban J connectivity index is 3.45. The molecular formula is C11H25NO5S. The highest BCUT2D eigenvalue weighted by Crippen LogP contribution is 1.94. The van der Waals surface area contributed by atoms with Gasteiger partial charge >= 0.3 is 0 Å². The smallest absolute Gasteiger partial charge is 0.147 e. The molecule has 0 saturated heterocycles. The summed E-state index contributed by atoms with van der Waals surface area (Å²) in [6.45, 7) is 3.56. The monoisotopic (exact) mass is 283 g/mol. The molecule has 0 fully saturated rings. The molecular weight excluding hydrogens is 258 g/mol. The Kier molecular flexibility index (Phi) is 9.57. The van der Waals surface area contributed by atoms with Crippen LogP contribution < -0.4 is 5.32 Å². The Labute approximate surface area is 110 Å². The van der Waals surface area contributed by atoms with E-state index >= 15 is 0 Å². The minimum atomic E-state index is -2.89. The zero-order valence-corrected chi connectivity index (χ0v) is 12.2. The predicted octanol–water partition coefficient (Wildman–Crippen LogP) is -0.577. The quantitative estimate of drug-likeness (QED) is 0.494. The van der Waals surface area contributed by atoms with Gasteiger partial charge in [0, 0.05) is 19.9 Å². The lowest BCUT2D eigenvalue weighted by Crippen LogP contribution is -2.33. The van der Waals surface area contributed by atoms with Crippen molar-refractivity contribution in [2.45, 2.75) is 25.6 Å². The highest BCUT2D eigenvalue weighted by molar-refractivity contribution is 7.90. The number of nitrogens with one attached hydrogen (secondary N) is 1. The normalized spacial score (nSPS) is 15.6. The van der Waals surface area contributed by atoms with E-state index in [-0.39, 0.29) is 18.5 Å². The van der Waals surface area contributed by atoms with E-state index in [1.54, 1.807) is 7.11 Å². The van der Waals surface area contributed by atoms with Gasteiger partial charge in [0.05, 0.1) is 31.2 Å². The van der Waals surface area contributed by atoms with E-state index in [0.29, 0.717) is 26.1 Å². The second-order valence-electron chi connectivity index (χ2n) is 4.44. The standard InChI is InChI=1S/C11H25NO5S/c1-10(8-16-2)17-9-11(13)7-12-5-4-6-18(3,14)15/h10-13H,4-9H2,1-3H3. The van der Waals surface area contributed by atoms with E-state index in [1.807, 2.05) is 6.92 Å². The molecule has 0 aromatic rings. The first-order valence-corrected chi connectivity index (χ1v) is 8.08. The van der Waals surface area contributed by atoms with Gasteiger partial charge in [-0.1, -0.05) is 0 Å². The van der Waals surface area contributed by atoms with Gasteiger partial charge in [0.1, 0.15) is 9.84 Å². The molecule has 2 unspecified atom stereocenters. The van der Waals surface area contributed by atoms with E-state index in [0.717, 1.165) is 0 Å². The maximum Gasteiger partial charge on any atom is 0.147 e. The van der Waals surface area contributed by atoms with Gasteiger partial charge in [0.2, 0.25) is 0 Å². The number of hydrogen-bond donors (Lipinski definition) is 2. The van der Waals surface area contributed by atoms with Crippen molar-refractivity contribution in [1.29, 1.82) is 0 Å². The third kappa shape index (κ3) is 12.3. The van der Waals surface area contributed by atoms with E-state index in [1.165, 1.54) is 6.26 Å². The number of sulfone groups is 1. The molecule has 0 rings (SSSR count). The van der Waals surface area contributed by atoms with E-state index in [9.17, 15) is 13.5 Å². The molecule has 0 spiro atoms. The molecule has 0 saturated carbocycles. The fraction of sp³-hybridized carbons (Fsp3) is 1.00. The molecule has 0 bridgehead atoms. The van der Waals surface area contributed by atoms with Crippen LogP contribution in [0.4, 0.5) is 0 Å². The van der Waals surface area contributed by atoms with Crippen LogP contribution in [0.1, 0.15) is 13.3 Å².